The van der Waals surface area contributed by atoms with Crippen molar-refractivity contribution in [2.24, 2.45) is 0 Å². The molecule has 2 aromatic heterocycles. The average molecular weight is 470 g/mol. The number of amides is 1. The lowest BCUT2D eigenvalue weighted by atomic mass is 9.98. The molecule has 2 bridgehead atoms. The molecular weight excluding hydrogens is 448 g/mol. The third-order valence-electron chi connectivity index (χ3n) is 6.03. The number of nitrogens with zero attached hydrogens (tertiary/aromatic N) is 5. The van der Waals surface area contributed by atoms with E-state index < -0.39 is 11.4 Å². The largest absolute Gasteiger partial charge is 0.472 e. The van der Waals surface area contributed by atoms with E-state index >= 15 is 0 Å². The first-order valence-electron chi connectivity index (χ1n) is 10.2. The highest BCUT2D eigenvalue weighted by molar-refractivity contribution is 6.31. The zero-order valence-electron chi connectivity index (χ0n) is 17.5. The predicted molar refractivity (Wildman–Crippen MR) is 113 cm³/mol. The van der Waals surface area contributed by atoms with Gasteiger partial charge in [0.1, 0.15) is 28.4 Å². The summed E-state index contributed by atoms with van der Waals surface area (Å²) < 4.78 is 26.6. The van der Waals surface area contributed by atoms with Gasteiger partial charge in [0, 0.05) is 6.54 Å². The normalized spacial score (nSPS) is 27.1. The van der Waals surface area contributed by atoms with Gasteiger partial charge < -0.3 is 14.4 Å². The third kappa shape index (κ3) is 3.24. The van der Waals surface area contributed by atoms with E-state index in [0.717, 1.165) is 12.8 Å². The molecule has 1 amide bonds. The molecule has 0 unspecified atom stereocenters. The molecule has 0 spiro atoms. The zero-order chi connectivity index (χ0) is 22.2. The molecule has 0 aromatic carbocycles. The van der Waals surface area contributed by atoms with Crippen molar-refractivity contribution in [2.75, 3.05) is 11.4 Å². The fourth-order valence-corrected chi connectivity index (χ4v) is 5.32. The minimum atomic E-state index is -0.768. The summed E-state index contributed by atoms with van der Waals surface area (Å²) in [6.45, 7) is 7.93. The fourth-order valence-electron chi connectivity index (χ4n) is 4.99. The summed E-state index contributed by atoms with van der Waals surface area (Å²) in [6.07, 6.45) is 0.886. The van der Waals surface area contributed by atoms with Gasteiger partial charge in [-0.2, -0.15) is 9.97 Å². The topological polar surface area (TPSA) is 80.7 Å². The molecule has 0 saturated carbocycles. The zero-order valence-corrected chi connectivity index (χ0v) is 19.0. The van der Waals surface area contributed by atoms with Crippen molar-refractivity contribution in [3.8, 4) is 5.88 Å². The Labute approximate surface area is 188 Å². The number of piperazine rings is 1. The molecule has 0 radical (unpaired) electrons. The van der Waals surface area contributed by atoms with Gasteiger partial charge in [0.2, 0.25) is 11.2 Å². The molecule has 31 heavy (non-hydrogen) atoms. The van der Waals surface area contributed by atoms with Crippen LogP contribution in [-0.2, 0) is 4.74 Å². The van der Waals surface area contributed by atoms with E-state index in [4.69, 9.17) is 32.7 Å². The molecule has 5 rings (SSSR count). The van der Waals surface area contributed by atoms with E-state index in [9.17, 15) is 9.18 Å². The van der Waals surface area contributed by atoms with Gasteiger partial charge in [-0.25, -0.2) is 14.2 Å². The Morgan fingerprint density at radius 3 is 2.68 bits per heavy atom. The molecule has 2 saturated heterocycles. The van der Waals surface area contributed by atoms with Crippen LogP contribution in [0.15, 0.2) is 0 Å². The molecule has 4 atom stereocenters. The van der Waals surface area contributed by atoms with Crippen molar-refractivity contribution in [1.29, 1.82) is 0 Å². The SMILES string of the molecule is C[C@@H]1Oc2nc(Cl)c(F)c3nc(Cl)nc(c23)N2C[C@H]3CC[C@@H]([C@@H]12)N3C(=O)OC(C)(C)C. The van der Waals surface area contributed by atoms with Crippen LogP contribution in [0.3, 0.4) is 0 Å². The lowest BCUT2D eigenvalue weighted by molar-refractivity contribution is 0.000959. The van der Waals surface area contributed by atoms with Crippen molar-refractivity contribution < 1.29 is 18.7 Å². The summed E-state index contributed by atoms with van der Waals surface area (Å²) in [5, 5.41) is -0.0946. The van der Waals surface area contributed by atoms with E-state index in [-0.39, 0.29) is 52.2 Å². The van der Waals surface area contributed by atoms with Gasteiger partial charge >= 0.3 is 6.09 Å². The van der Waals surface area contributed by atoms with Gasteiger partial charge in [-0.05, 0) is 52.1 Å². The molecular formula is C20H22Cl2FN5O3. The second-order valence-corrected chi connectivity index (χ2v) is 9.91. The molecule has 166 valence electrons. The van der Waals surface area contributed by atoms with Crippen LogP contribution in [0.5, 0.6) is 5.88 Å². The summed E-state index contributed by atoms with van der Waals surface area (Å²) in [7, 11) is 0. The molecule has 3 aliphatic rings. The summed E-state index contributed by atoms with van der Waals surface area (Å²) in [4.78, 5) is 29.5. The smallest absolute Gasteiger partial charge is 0.410 e. The summed E-state index contributed by atoms with van der Waals surface area (Å²) in [5.41, 5.74) is -0.625. The number of hydrogen-bond acceptors (Lipinski definition) is 7. The Bertz CT molecular complexity index is 1090. The first-order valence-corrected chi connectivity index (χ1v) is 11.0. The van der Waals surface area contributed by atoms with Gasteiger partial charge in [0.15, 0.2) is 11.0 Å². The molecule has 2 fully saturated rings. The number of carbonyl (C=O) groups is 1. The van der Waals surface area contributed by atoms with Crippen LogP contribution in [0.25, 0.3) is 10.9 Å². The van der Waals surface area contributed by atoms with Crippen molar-refractivity contribution in [2.45, 2.75) is 70.4 Å². The number of ether oxygens (including phenoxy) is 2. The number of aromatic nitrogens is 3. The maximum atomic E-state index is 14.8. The van der Waals surface area contributed by atoms with Crippen LogP contribution in [0, 0.1) is 5.82 Å². The van der Waals surface area contributed by atoms with Crippen LogP contribution in [0.1, 0.15) is 40.5 Å². The highest BCUT2D eigenvalue weighted by Gasteiger charge is 2.53. The van der Waals surface area contributed by atoms with Crippen molar-refractivity contribution in [1.82, 2.24) is 19.9 Å². The Morgan fingerprint density at radius 1 is 1.23 bits per heavy atom. The second kappa shape index (κ2) is 6.93. The molecule has 0 aliphatic carbocycles. The number of hydrogen-bond donors (Lipinski definition) is 0. The molecule has 5 heterocycles. The van der Waals surface area contributed by atoms with Crippen LogP contribution >= 0.6 is 23.2 Å². The summed E-state index contributed by atoms with van der Waals surface area (Å²) in [6, 6.07) is -0.489. The van der Waals surface area contributed by atoms with Crippen molar-refractivity contribution in [3.05, 3.63) is 16.3 Å². The summed E-state index contributed by atoms with van der Waals surface area (Å²) >= 11 is 12.2. The highest BCUT2D eigenvalue weighted by atomic mass is 35.5. The quantitative estimate of drug-likeness (QED) is 0.422. The van der Waals surface area contributed by atoms with E-state index in [1.807, 2.05) is 32.6 Å². The number of anilines is 1. The molecule has 0 N–H and O–H groups in total. The minimum Gasteiger partial charge on any atom is -0.472 e. The first-order chi connectivity index (χ1) is 14.5. The van der Waals surface area contributed by atoms with Crippen molar-refractivity contribution >= 4 is 46.0 Å². The lowest BCUT2D eigenvalue weighted by Crippen LogP contribution is -2.65. The predicted octanol–water partition coefficient (Wildman–Crippen LogP) is 4.21. The first kappa shape index (κ1) is 20.8. The second-order valence-electron chi connectivity index (χ2n) is 9.21. The number of halogens is 3. The Morgan fingerprint density at radius 2 is 1.97 bits per heavy atom. The van der Waals surface area contributed by atoms with Crippen LogP contribution in [0.2, 0.25) is 10.4 Å². The van der Waals surface area contributed by atoms with Gasteiger partial charge in [-0.15, -0.1) is 0 Å². The van der Waals surface area contributed by atoms with Gasteiger partial charge in [-0.1, -0.05) is 11.6 Å². The van der Waals surface area contributed by atoms with Crippen LogP contribution < -0.4 is 9.64 Å². The van der Waals surface area contributed by atoms with E-state index in [2.05, 4.69) is 19.9 Å². The van der Waals surface area contributed by atoms with Gasteiger partial charge in [0.25, 0.3) is 0 Å². The van der Waals surface area contributed by atoms with E-state index in [1.165, 1.54) is 0 Å². The maximum Gasteiger partial charge on any atom is 0.410 e. The molecule has 11 heteroatoms. The minimum absolute atomic E-state index is 0.0280. The Balaban J connectivity index is 1.63. The number of fused-ring (bicyclic) bond motifs is 5. The average Bonchev–Trinajstić information content (AvgIpc) is 2.91. The maximum absolute atomic E-state index is 14.8. The molecule has 3 aliphatic heterocycles. The Hall–Kier alpha value is -2.13. The lowest BCUT2D eigenvalue weighted by Gasteiger charge is -2.48. The van der Waals surface area contributed by atoms with Crippen molar-refractivity contribution in [3.63, 3.8) is 0 Å². The Kier molecular flexibility index (Phi) is 4.64. The molecule has 8 nitrogen and oxygen atoms in total. The monoisotopic (exact) mass is 469 g/mol. The number of rotatable bonds is 0. The standard InChI is InChI=1S/C20H22Cl2FN5O3/c1-8-14-10-6-5-9(28(10)19(29)31-20(2,3)4)7-27(14)16-11-13(24-18(22)26-16)12(23)15(21)25-17(11)30-8/h8-10,14H,5-7H2,1-4H3/t8-,9+,10-,14+/m0/s1. The number of carbonyl (C=O) groups excluding carboxylic acids is 1. The number of pyridine rings is 1. The summed E-state index contributed by atoms with van der Waals surface area (Å²) in [5.74, 6) is -0.158. The molecule has 2 aromatic rings. The van der Waals surface area contributed by atoms with Gasteiger partial charge in [-0.3, -0.25) is 4.90 Å². The highest BCUT2D eigenvalue weighted by Crippen LogP contribution is 2.45. The van der Waals surface area contributed by atoms with Crippen LogP contribution in [-0.4, -0.2) is 62.3 Å². The van der Waals surface area contributed by atoms with E-state index in [0.29, 0.717) is 17.7 Å². The third-order valence-corrected chi connectivity index (χ3v) is 6.45. The fraction of sp³-hybridized carbons (Fsp3) is 0.600. The van der Waals surface area contributed by atoms with Gasteiger partial charge in [0.05, 0.1) is 18.1 Å². The van der Waals surface area contributed by atoms with Crippen LogP contribution in [0.4, 0.5) is 15.0 Å². The van der Waals surface area contributed by atoms with E-state index in [1.54, 1.807) is 0 Å².